The molecule has 0 atom stereocenters. The highest BCUT2D eigenvalue weighted by atomic mass is 16.5. The van der Waals surface area contributed by atoms with Crippen molar-refractivity contribution in [3.63, 3.8) is 0 Å². The van der Waals surface area contributed by atoms with Crippen LogP contribution in [-0.4, -0.2) is 48.4 Å². The Hall–Kier alpha value is -1.82. The summed E-state index contributed by atoms with van der Waals surface area (Å²) in [5, 5.41) is 0. The number of methoxy groups -OCH3 is 1. The summed E-state index contributed by atoms with van der Waals surface area (Å²) >= 11 is 0. The lowest BCUT2D eigenvalue weighted by atomic mass is 10.3. The third-order valence-corrected chi connectivity index (χ3v) is 2.86. The number of hydrogen-bond acceptors (Lipinski definition) is 5. The molecule has 3 heterocycles. The van der Waals surface area contributed by atoms with Gasteiger partial charge in [-0.2, -0.15) is 4.98 Å². The summed E-state index contributed by atoms with van der Waals surface area (Å²) in [7, 11) is 1.59. The Kier molecular flexibility index (Phi) is 2.56. The van der Waals surface area contributed by atoms with Crippen molar-refractivity contribution in [1.29, 1.82) is 0 Å². The van der Waals surface area contributed by atoms with Crippen molar-refractivity contribution in [3.05, 3.63) is 12.3 Å². The highest BCUT2D eigenvalue weighted by Gasteiger charge is 2.13. The predicted octanol–water partition coefficient (Wildman–Crippen LogP) is 0.803. The van der Waals surface area contributed by atoms with Gasteiger partial charge in [0.15, 0.2) is 0 Å². The highest BCUT2D eigenvalue weighted by Crippen LogP contribution is 2.20. The number of nitrogens with one attached hydrogen (secondary N) is 1. The number of pyridine rings is 1. The second kappa shape index (κ2) is 4.21. The fourth-order valence-electron chi connectivity index (χ4n) is 1.94. The smallest absolute Gasteiger partial charge is 0.294 e. The average Bonchev–Trinajstić information content (AvgIpc) is 2.81. The van der Waals surface area contributed by atoms with Crippen molar-refractivity contribution in [2.24, 2.45) is 0 Å². The number of imidazole rings is 1. The van der Waals surface area contributed by atoms with Gasteiger partial charge in [-0.15, -0.1) is 0 Å². The van der Waals surface area contributed by atoms with Crippen molar-refractivity contribution in [2.75, 3.05) is 38.3 Å². The number of anilines is 1. The van der Waals surface area contributed by atoms with Crippen LogP contribution in [-0.2, 0) is 4.74 Å². The SMILES string of the molecule is COc1nc2cc(N3CCOCC3)ncc2[nH]1. The van der Waals surface area contributed by atoms with E-state index in [2.05, 4.69) is 19.9 Å². The van der Waals surface area contributed by atoms with E-state index in [1.165, 1.54) is 0 Å². The fourth-order valence-corrected chi connectivity index (χ4v) is 1.94. The minimum absolute atomic E-state index is 0.515. The normalized spacial score (nSPS) is 16.4. The Morgan fingerprint density at radius 2 is 2.24 bits per heavy atom. The Bertz CT molecular complexity index is 519. The number of aromatic amines is 1. The zero-order chi connectivity index (χ0) is 11.7. The monoisotopic (exact) mass is 234 g/mol. The molecule has 0 spiro atoms. The molecular formula is C11H14N4O2. The highest BCUT2D eigenvalue weighted by molar-refractivity contribution is 5.77. The molecule has 1 N–H and O–H groups in total. The van der Waals surface area contributed by atoms with Crippen molar-refractivity contribution in [3.8, 4) is 6.01 Å². The standard InChI is InChI=1S/C11H14N4O2/c1-16-11-13-8-6-10(12-7-9(8)14-11)15-2-4-17-5-3-15/h6-7H,2-5H2,1H3,(H,13,14). The van der Waals surface area contributed by atoms with Gasteiger partial charge in [0.2, 0.25) is 0 Å². The summed E-state index contributed by atoms with van der Waals surface area (Å²) < 4.78 is 10.4. The Labute approximate surface area is 98.6 Å². The molecule has 1 fully saturated rings. The Balaban J connectivity index is 1.94. The Morgan fingerprint density at radius 1 is 1.41 bits per heavy atom. The van der Waals surface area contributed by atoms with Gasteiger partial charge in [0, 0.05) is 19.2 Å². The van der Waals surface area contributed by atoms with Gasteiger partial charge in [0.25, 0.3) is 6.01 Å². The van der Waals surface area contributed by atoms with Crippen LogP contribution in [0, 0.1) is 0 Å². The largest absolute Gasteiger partial charge is 0.468 e. The lowest BCUT2D eigenvalue weighted by molar-refractivity contribution is 0.122. The van der Waals surface area contributed by atoms with Gasteiger partial charge < -0.3 is 19.4 Å². The maximum atomic E-state index is 5.32. The molecule has 1 aliphatic heterocycles. The van der Waals surface area contributed by atoms with Crippen LogP contribution in [0.1, 0.15) is 0 Å². The first-order valence-electron chi connectivity index (χ1n) is 5.59. The number of aromatic nitrogens is 3. The first-order valence-corrected chi connectivity index (χ1v) is 5.59. The van der Waals surface area contributed by atoms with Crippen LogP contribution in [0.4, 0.5) is 5.82 Å². The lowest BCUT2D eigenvalue weighted by Crippen LogP contribution is -2.36. The van der Waals surface area contributed by atoms with E-state index in [1.807, 2.05) is 6.07 Å². The van der Waals surface area contributed by atoms with Gasteiger partial charge in [-0.1, -0.05) is 0 Å². The molecule has 0 unspecified atom stereocenters. The van der Waals surface area contributed by atoms with Gasteiger partial charge in [-0.05, 0) is 0 Å². The minimum atomic E-state index is 0.515. The second-order valence-corrected chi connectivity index (χ2v) is 3.91. The fraction of sp³-hybridized carbons (Fsp3) is 0.455. The molecule has 0 radical (unpaired) electrons. The molecule has 1 saturated heterocycles. The van der Waals surface area contributed by atoms with Gasteiger partial charge in [-0.3, -0.25) is 0 Å². The first kappa shape index (κ1) is 10.3. The van der Waals surface area contributed by atoms with Crippen LogP contribution in [0.3, 0.4) is 0 Å². The van der Waals surface area contributed by atoms with Gasteiger partial charge in [0.1, 0.15) is 5.82 Å². The summed E-state index contributed by atoms with van der Waals surface area (Å²) in [6, 6.07) is 2.49. The van der Waals surface area contributed by atoms with E-state index in [0.29, 0.717) is 6.01 Å². The summed E-state index contributed by atoms with van der Waals surface area (Å²) in [6.45, 7) is 3.26. The van der Waals surface area contributed by atoms with Crippen LogP contribution in [0.25, 0.3) is 11.0 Å². The van der Waals surface area contributed by atoms with E-state index in [1.54, 1.807) is 13.3 Å². The van der Waals surface area contributed by atoms with Crippen LogP contribution >= 0.6 is 0 Å². The molecule has 17 heavy (non-hydrogen) atoms. The van der Waals surface area contributed by atoms with Crippen molar-refractivity contribution >= 4 is 16.9 Å². The second-order valence-electron chi connectivity index (χ2n) is 3.91. The average molecular weight is 234 g/mol. The molecule has 6 heteroatoms. The molecule has 0 aliphatic carbocycles. The van der Waals surface area contributed by atoms with E-state index in [4.69, 9.17) is 9.47 Å². The van der Waals surface area contributed by atoms with E-state index < -0.39 is 0 Å². The topological polar surface area (TPSA) is 63.3 Å². The quantitative estimate of drug-likeness (QED) is 0.832. The van der Waals surface area contributed by atoms with E-state index in [9.17, 15) is 0 Å². The third-order valence-electron chi connectivity index (χ3n) is 2.86. The zero-order valence-electron chi connectivity index (χ0n) is 9.64. The maximum Gasteiger partial charge on any atom is 0.294 e. The van der Waals surface area contributed by atoms with Crippen LogP contribution < -0.4 is 9.64 Å². The van der Waals surface area contributed by atoms with Crippen molar-refractivity contribution in [2.45, 2.75) is 0 Å². The number of ether oxygens (including phenoxy) is 2. The molecular weight excluding hydrogens is 220 g/mol. The van der Waals surface area contributed by atoms with Gasteiger partial charge in [-0.25, -0.2) is 4.98 Å². The Morgan fingerprint density at radius 3 is 3.00 bits per heavy atom. The number of morpholine rings is 1. The number of rotatable bonds is 2. The number of hydrogen-bond donors (Lipinski definition) is 1. The molecule has 0 amide bonds. The molecule has 0 bridgehead atoms. The summed E-state index contributed by atoms with van der Waals surface area (Å²) in [4.78, 5) is 14.0. The van der Waals surface area contributed by atoms with Gasteiger partial charge >= 0.3 is 0 Å². The van der Waals surface area contributed by atoms with E-state index in [-0.39, 0.29) is 0 Å². The molecule has 0 saturated carbocycles. The molecule has 2 aromatic rings. The zero-order valence-corrected chi connectivity index (χ0v) is 9.64. The molecule has 6 nitrogen and oxygen atoms in total. The van der Waals surface area contributed by atoms with E-state index in [0.717, 1.165) is 43.2 Å². The third kappa shape index (κ3) is 1.91. The van der Waals surface area contributed by atoms with Gasteiger partial charge in [0.05, 0.1) is 37.6 Å². The van der Waals surface area contributed by atoms with Crippen molar-refractivity contribution < 1.29 is 9.47 Å². The predicted molar refractivity (Wildman–Crippen MR) is 63.5 cm³/mol. The van der Waals surface area contributed by atoms with Crippen molar-refractivity contribution in [1.82, 2.24) is 15.0 Å². The maximum absolute atomic E-state index is 5.32. The molecule has 1 aliphatic rings. The summed E-state index contributed by atoms with van der Waals surface area (Å²) in [5.41, 5.74) is 1.76. The van der Waals surface area contributed by atoms with Crippen LogP contribution in [0.2, 0.25) is 0 Å². The van der Waals surface area contributed by atoms with E-state index >= 15 is 0 Å². The first-order chi connectivity index (χ1) is 8.36. The number of fused-ring (bicyclic) bond motifs is 1. The summed E-state index contributed by atoms with van der Waals surface area (Å²) in [5.74, 6) is 0.940. The van der Waals surface area contributed by atoms with Crippen LogP contribution in [0.15, 0.2) is 12.3 Å². The lowest BCUT2D eigenvalue weighted by Gasteiger charge is -2.27. The summed E-state index contributed by atoms with van der Waals surface area (Å²) in [6.07, 6.45) is 1.79. The molecule has 90 valence electrons. The molecule has 3 rings (SSSR count). The molecule has 0 aromatic carbocycles. The number of nitrogens with zero attached hydrogens (tertiary/aromatic N) is 3. The van der Waals surface area contributed by atoms with Crippen LogP contribution in [0.5, 0.6) is 6.01 Å². The number of H-pyrrole nitrogens is 1. The minimum Gasteiger partial charge on any atom is -0.468 e. The molecule has 2 aromatic heterocycles.